The summed E-state index contributed by atoms with van der Waals surface area (Å²) in [5.41, 5.74) is 14.2. The van der Waals surface area contributed by atoms with Crippen LogP contribution in [0.5, 0.6) is 17.2 Å². The lowest BCUT2D eigenvalue weighted by Crippen LogP contribution is -1.98. The fourth-order valence-corrected chi connectivity index (χ4v) is 3.16. The third-order valence-corrected chi connectivity index (χ3v) is 5.05. The number of nitrogens with two attached hydrogens (primary N) is 2. The van der Waals surface area contributed by atoms with Gasteiger partial charge in [0.2, 0.25) is 0 Å². The summed E-state index contributed by atoms with van der Waals surface area (Å²) in [6.07, 6.45) is 0. The average Bonchev–Trinajstić information content (AvgIpc) is 2.85. The van der Waals surface area contributed by atoms with Crippen LogP contribution in [-0.4, -0.2) is 7.11 Å². The van der Waals surface area contributed by atoms with Crippen molar-refractivity contribution in [2.24, 2.45) is 0 Å². The molecular weight excluding hydrogens is 474 g/mol. The predicted molar refractivity (Wildman–Crippen MR) is 135 cm³/mol. The molecule has 0 unspecified atom stereocenters. The van der Waals surface area contributed by atoms with Crippen molar-refractivity contribution in [1.82, 2.24) is 0 Å². The molecule has 0 atom stereocenters. The topological polar surface area (TPSA) is 79.7 Å². The van der Waals surface area contributed by atoms with Crippen molar-refractivity contribution in [1.29, 1.82) is 0 Å². The van der Waals surface area contributed by atoms with Crippen LogP contribution in [0.3, 0.4) is 0 Å². The van der Waals surface area contributed by atoms with Crippen molar-refractivity contribution in [3.05, 3.63) is 113 Å². The molecule has 0 spiro atoms. The highest BCUT2D eigenvalue weighted by atomic mass is 35.5. The summed E-state index contributed by atoms with van der Waals surface area (Å²) < 4.78 is 41.7. The van der Waals surface area contributed by atoms with Crippen molar-refractivity contribution in [3.8, 4) is 17.2 Å². The lowest BCUT2D eigenvalue weighted by atomic mass is 10.2. The van der Waals surface area contributed by atoms with E-state index < -0.39 is 0 Å². The summed E-state index contributed by atoms with van der Waals surface area (Å²) in [7, 11) is 1.56. The van der Waals surface area contributed by atoms with Crippen molar-refractivity contribution in [2.75, 3.05) is 18.6 Å². The third-order valence-electron chi connectivity index (χ3n) is 4.76. The molecule has 4 rings (SSSR count). The van der Waals surface area contributed by atoms with Crippen molar-refractivity contribution in [3.63, 3.8) is 0 Å². The van der Waals surface area contributed by atoms with Gasteiger partial charge in [-0.05, 0) is 65.7 Å². The van der Waals surface area contributed by atoms with E-state index in [-0.39, 0.29) is 11.6 Å². The van der Waals surface area contributed by atoms with Crippen LogP contribution in [0.25, 0.3) is 0 Å². The summed E-state index contributed by atoms with van der Waals surface area (Å²) in [6.45, 7) is 0.685. The van der Waals surface area contributed by atoms with Crippen molar-refractivity contribution < 1.29 is 23.0 Å². The van der Waals surface area contributed by atoms with Crippen LogP contribution in [0.1, 0.15) is 11.1 Å². The van der Waals surface area contributed by atoms with Crippen LogP contribution in [-0.2, 0) is 13.2 Å². The summed E-state index contributed by atoms with van der Waals surface area (Å²) in [5, 5.41) is 0.465. The molecule has 8 heteroatoms. The molecular formula is C27H25ClF2N2O3. The Morgan fingerprint density at radius 3 is 1.57 bits per heavy atom. The Labute approximate surface area is 207 Å². The zero-order chi connectivity index (χ0) is 25.2. The van der Waals surface area contributed by atoms with Crippen LogP contribution in [0.2, 0.25) is 5.02 Å². The fraction of sp³-hybridized carbons (Fsp3) is 0.111. The highest BCUT2D eigenvalue weighted by molar-refractivity contribution is 6.32. The Hall–Kier alpha value is -3.97. The van der Waals surface area contributed by atoms with Gasteiger partial charge in [0.25, 0.3) is 0 Å². The SMILES string of the molecule is COc1cc(N)ccc1OCc1ccc(F)cc1.Nc1ccc(OCc2ccc(F)cc2)c(Cl)c1. The normalized spacial score (nSPS) is 10.2. The van der Waals surface area contributed by atoms with Gasteiger partial charge in [-0.2, -0.15) is 0 Å². The lowest BCUT2D eigenvalue weighted by Gasteiger charge is -2.11. The Bertz CT molecular complexity index is 1240. The van der Waals surface area contributed by atoms with E-state index in [4.69, 9.17) is 37.3 Å². The summed E-state index contributed by atoms with van der Waals surface area (Å²) in [6, 6.07) is 22.5. The van der Waals surface area contributed by atoms with Crippen LogP contribution in [0, 0.1) is 11.6 Å². The number of nitrogen functional groups attached to an aromatic ring is 2. The molecule has 0 aliphatic heterocycles. The van der Waals surface area contributed by atoms with Gasteiger partial charge in [-0.15, -0.1) is 0 Å². The van der Waals surface area contributed by atoms with Gasteiger partial charge in [-0.1, -0.05) is 35.9 Å². The molecule has 182 valence electrons. The molecule has 0 aliphatic carbocycles. The summed E-state index contributed by atoms with van der Waals surface area (Å²) >= 11 is 5.96. The highest BCUT2D eigenvalue weighted by Crippen LogP contribution is 2.30. The number of benzene rings is 4. The number of ether oxygens (including phenoxy) is 3. The van der Waals surface area contributed by atoms with E-state index in [0.29, 0.717) is 46.9 Å². The minimum absolute atomic E-state index is 0.260. The molecule has 4 N–H and O–H groups in total. The molecule has 4 aromatic carbocycles. The Morgan fingerprint density at radius 2 is 1.09 bits per heavy atom. The van der Waals surface area contributed by atoms with Crippen LogP contribution < -0.4 is 25.7 Å². The fourth-order valence-electron chi connectivity index (χ4n) is 2.92. The zero-order valence-corrected chi connectivity index (χ0v) is 19.8. The van der Waals surface area contributed by atoms with Gasteiger partial charge in [0.05, 0.1) is 12.1 Å². The Balaban J connectivity index is 0.000000196. The number of methoxy groups -OCH3 is 1. The number of hydrogen-bond donors (Lipinski definition) is 2. The zero-order valence-electron chi connectivity index (χ0n) is 19.0. The third kappa shape index (κ3) is 8.08. The Kier molecular flexibility index (Phi) is 9.15. The quantitative estimate of drug-likeness (QED) is 0.279. The molecule has 0 heterocycles. The maximum Gasteiger partial charge on any atom is 0.162 e. The first kappa shape index (κ1) is 25.6. The van der Waals surface area contributed by atoms with Gasteiger partial charge < -0.3 is 25.7 Å². The standard InChI is InChI=1S/C14H14FNO2.C13H11ClFNO/c1-17-14-8-12(16)6-7-13(14)18-9-10-2-4-11(15)5-3-10;14-12-7-11(16)5-6-13(12)17-8-9-1-3-10(15)4-2-9/h2-8H,9,16H2,1H3;1-7H,8,16H2. The van der Waals surface area contributed by atoms with Crippen LogP contribution in [0.4, 0.5) is 20.2 Å². The van der Waals surface area contributed by atoms with Gasteiger partial charge in [-0.3, -0.25) is 0 Å². The second-order valence-electron chi connectivity index (χ2n) is 7.43. The van der Waals surface area contributed by atoms with E-state index in [9.17, 15) is 8.78 Å². The second-order valence-corrected chi connectivity index (χ2v) is 7.84. The largest absolute Gasteiger partial charge is 0.493 e. The molecule has 0 amide bonds. The summed E-state index contributed by atoms with van der Waals surface area (Å²) in [4.78, 5) is 0. The van der Waals surface area contributed by atoms with Gasteiger partial charge in [0.15, 0.2) is 11.5 Å². The van der Waals surface area contributed by atoms with E-state index in [1.165, 1.54) is 24.3 Å². The first-order chi connectivity index (χ1) is 16.8. The van der Waals surface area contributed by atoms with Gasteiger partial charge in [0, 0.05) is 17.4 Å². The Morgan fingerprint density at radius 1 is 0.629 bits per heavy atom. The molecule has 4 aromatic rings. The van der Waals surface area contributed by atoms with E-state index >= 15 is 0 Å². The van der Waals surface area contributed by atoms with Crippen LogP contribution >= 0.6 is 11.6 Å². The van der Waals surface area contributed by atoms with Gasteiger partial charge in [0.1, 0.15) is 30.6 Å². The first-order valence-electron chi connectivity index (χ1n) is 10.6. The molecule has 0 radical (unpaired) electrons. The number of hydrogen-bond acceptors (Lipinski definition) is 5. The van der Waals surface area contributed by atoms with E-state index in [1.54, 1.807) is 67.8 Å². The minimum atomic E-state index is -0.265. The lowest BCUT2D eigenvalue weighted by molar-refractivity contribution is 0.284. The van der Waals surface area contributed by atoms with Crippen LogP contribution in [0.15, 0.2) is 84.9 Å². The first-order valence-corrected chi connectivity index (χ1v) is 10.9. The molecule has 5 nitrogen and oxygen atoms in total. The van der Waals surface area contributed by atoms with Crippen molar-refractivity contribution in [2.45, 2.75) is 13.2 Å². The molecule has 35 heavy (non-hydrogen) atoms. The smallest absolute Gasteiger partial charge is 0.162 e. The van der Waals surface area contributed by atoms with Crippen molar-refractivity contribution >= 4 is 23.0 Å². The predicted octanol–water partition coefficient (Wildman–Crippen LogP) is 6.64. The van der Waals surface area contributed by atoms with Gasteiger partial charge in [-0.25, -0.2) is 8.78 Å². The maximum absolute atomic E-state index is 12.7. The minimum Gasteiger partial charge on any atom is -0.493 e. The molecule has 0 aliphatic rings. The van der Waals surface area contributed by atoms with E-state index in [0.717, 1.165) is 11.1 Å². The highest BCUT2D eigenvalue weighted by Gasteiger charge is 2.05. The molecule has 0 saturated heterocycles. The number of anilines is 2. The second kappa shape index (κ2) is 12.5. The monoisotopic (exact) mass is 498 g/mol. The summed E-state index contributed by atoms with van der Waals surface area (Å²) in [5.74, 6) is 1.22. The molecule has 0 bridgehead atoms. The van der Waals surface area contributed by atoms with E-state index in [2.05, 4.69) is 0 Å². The molecule has 0 aromatic heterocycles. The average molecular weight is 499 g/mol. The van der Waals surface area contributed by atoms with Gasteiger partial charge >= 0.3 is 0 Å². The maximum atomic E-state index is 12.7. The molecule has 0 fully saturated rings. The molecule has 0 saturated carbocycles. The number of rotatable bonds is 7. The number of halogens is 3. The van der Waals surface area contributed by atoms with E-state index in [1.807, 2.05) is 0 Å².